The van der Waals surface area contributed by atoms with Gasteiger partial charge in [0.15, 0.2) is 0 Å². The summed E-state index contributed by atoms with van der Waals surface area (Å²) >= 11 is 0. The number of hydrogen-bond acceptors (Lipinski definition) is 4. The molecular weight excluding hydrogens is 228 g/mol. The van der Waals surface area contributed by atoms with Crippen molar-refractivity contribution in [2.24, 2.45) is 0 Å². The zero-order valence-electron chi connectivity index (χ0n) is 11.7. The van der Waals surface area contributed by atoms with Crippen LogP contribution in [0.25, 0.3) is 0 Å². The number of aromatic nitrogens is 1. The summed E-state index contributed by atoms with van der Waals surface area (Å²) in [5.74, 6) is 0.939. The van der Waals surface area contributed by atoms with E-state index in [0.717, 1.165) is 48.7 Å². The fourth-order valence-electron chi connectivity index (χ4n) is 2.35. The molecule has 1 aromatic heterocycles. The first-order valence-corrected chi connectivity index (χ1v) is 6.37. The van der Waals surface area contributed by atoms with Crippen molar-refractivity contribution in [3.8, 4) is 5.75 Å². The van der Waals surface area contributed by atoms with Gasteiger partial charge < -0.3 is 14.8 Å². The zero-order valence-corrected chi connectivity index (χ0v) is 11.7. The first kappa shape index (κ1) is 13.3. The highest BCUT2D eigenvalue weighted by Crippen LogP contribution is 2.25. The second-order valence-electron chi connectivity index (χ2n) is 5.26. The highest BCUT2D eigenvalue weighted by atomic mass is 16.5. The maximum Gasteiger partial charge on any atom is 0.128 e. The molecule has 1 N–H and O–H groups in total. The fourth-order valence-corrected chi connectivity index (χ4v) is 2.35. The van der Waals surface area contributed by atoms with Gasteiger partial charge in [0, 0.05) is 36.0 Å². The summed E-state index contributed by atoms with van der Waals surface area (Å²) in [6.45, 7) is 8.64. The molecule has 4 heteroatoms. The molecule has 1 saturated heterocycles. The Kier molecular flexibility index (Phi) is 3.88. The van der Waals surface area contributed by atoms with Gasteiger partial charge in [0.05, 0.1) is 19.4 Å². The van der Waals surface area contributed by atoms with E-state index < -0.39 is 0 Å². The third kappa shape index (κ3) is 2.65. The van der Waals surface area contributed by atoms with E-state index in [-0.39, 0.29) is 5.54 Å². The third-order valence-electron chi connectivity index (χ3n) is 3.65. The van der Waals surface area contributed by atoms with Crippen molar-refractivity contribution in [1.29, 1.82) is 0 Å². The lowest BCUT2D eigenvalue weighted by molar-refractivity contribution is 0.171. The van der Waals surface area contributed by atoms with Crippen LogP contribution < -0.4 is 10.1 Å². The summed E-state index contributed by atoms with van der Waals surface area (Å²) in [6, 6.07) is 0. The summed E-state index contributed by atoms with van der Waals surface area (Å²) in [4.78, 5) is 4.50. The van der Waals surface area contributed by atoms with Crippen LogP contribution in [-0.4, -0.2) is 30.8 Å². The number of rotatable bonds is 4. The molecule has 2 rings (SSSR count). The largest absolute Gasteiger partial charge is 0.496 e. The van der Waals surface area contributed by atoms with Crippen LogP contribution >= 0.6 is 0 Å². The smallest absolute Gasteiger partial charge is 0.128 e. The fraction of sp³-hybridized carbons (Fsp3) is 0.643. The SMILES string of the molecule is COc1c(C)cnc(CNC2(C)CCOC2)c1C. The van der Waals surface area contributed by atoms with E-state index in [1.54, 1.807) is 7.11 Å². The lowest BCUT2D eigenvalue weighted by Gasteiger charge is -2.24. The number of pyridine rings is 1. The van der Waals surface area contributed by atoms with E-state index in [2.05, 4.69) is 24.1 Å². The third-order valence-corrected chi connectivity index (χ3v) is 3.65. The molecule has 0 aromatic carbocycles. The normalized spacial score (nSPS) is 23.3. The number of nitrogens with one attached hydrogen (secondary N) is 1. The maximum atomic E-state index is 5.44. The average molecular weight is 250 g/mol. The summed E-state index contributed by atoms with van der Waals surface area (Å²) in [6.07, 6.45) is 2.92. The summed E-state index contributed by atoms with van der Waals surface area (Å²) < 4.78 is 10.9. The van der Waals surface area contributed by atoms with Gasteiger partial charge in [-0.05, 0) is 27.2 Å². The monoisotopic (exact) mass is 250 g/mol. The molecule has 0 bridgehead atoms. The lowest BCUT2D eigenvalue weighted by atomic mass is 10.0. The Morgan fingerprint density at radius 3 is 2.89 bits per heavy atom. The van der Waals surface area contributed by atoms with Crippen LogP contribution in [0, 0.1) is 13.8 Å². The second-order valence-corrected chi connectivity index (χ2v) is 5.26. The predicted octanol–water partition coefficient (Wildman–Crippen LogP) is 1.98. The summed E-state index contributed by atoms with van der Waals surface area (Å²) in [5.41, 5.74) is 3.32. The molecule has 1 aliphatic rings. The van der Waals surface area contributed by atoms with Gasteiger partial charge >= 0.3 is 0 Å². The Hall–Kier alpha value is -1.13. The molecule has 0 spiro atoms. The molecular formula is C14H22N2O2. The van der Waals surface area contributed by atoms with Crippen LogP contribution in [-0.2, 0) is 11.3 Å². The van der Waals surface area contributed by atoms with Crippen molar-refractivity contribution >= 4 is 0 Å². The molecule has 1 aromatic rings. The van der Waals surface area contributed by atoms with E-state index in [1.807, 2.05) is 13.1 Å². The van der Waals surface area contributed by atoms with Crippen molar-refractivity contribution in [3.63, 3.8) is 0 Å². The number of nitrogens with zero attached hydrogens (tertiary/aromatic N) is 1. The Bertz CT molecular complexity index is 426. The molecule has 100 valence electrons. The molecule has 0 radical (unpaired) electrons. The van der Waals surface area contributed by atoms with Crippen molar-refractivity contribution < 1.29 is 9.47 Å². The minimum absolute atomic E-state index is 0.0756. The second kappa shape index (κ2) is 5.24. The van der Waals surface area contributed by atoms with E-state index in [0.29, 0.717) is 0 Å². The van der Waals surface area contributed by atoms with Crippen LogP contribution in [0.1, 0.15) is 30.2 Å². The molecule has 18 heavy (non-hydrogen) atoms. The average Bonchev–Trinajstić information content (AvgIpc) is 2.76. The number of hydrogen-bond donors (Lipinski definition) is 1. The van der Waals surface area contributed by atoms with E-state index >= 15 is 0 Å². The Morgan fingerprint density at radius 2 is 2.28 bits per heavy atom. The summed E-state index contributed by atoms with van der Waals surface area (Å²) in [5, 5.41) is 3.54. The molecule has 2 heterocycles. The van der Waals surface area contributed by atoms with E-state index in [4.69, 9.17) is 9.47 Å². The molecule has 0 amide bonds. The predicted molar refractivity (Wildman–Crippen MR) is 70.9 cm³/mol. The standard InChI is InChI=1S/C14H22N2O2/c1-10-7-15-12(11(2)13(10)17-4)8-16-14(3)5-6-18-9-14/h7,16H,5-6,8-9H2,1-4H3. The van der Waals surface area contributed by atoms with Crippen molar-refractivity contribution in [2.45, 2.75) is 39.3 Å². The number of ether oxygens (including phenoxy) is 2. The van der Waals surface area contributed by atoms with Gasteiger partial charge in [-0.25, -0.2) is 0 Å². The minimum atomic E-state index is 0.0756. The van der Waals surface area contributed by atoms with E-state index in [1.165, 1.54) is 0 Å². The van der Waals surface area contributed by atoms with Gasteiger partial charge in [-0.15, -0.1) is 0 Å². The number of methoxy groups -OCH3 is 1. The Balaban J connectivity index is 2.10. The quantitative estimate of drug-likeness (QED) is 0.887. The summed E-state index contributed by atoms with van der Waals surface area (Å²) in [7, 11) is 1.71. The van der Waals surface area contributed by atoms with Gasteiger partial charge in [0.1, 0.15) is 5.75 Å². The van der Waals surface area contributed by atoms with E-state index in [9.17, 15) is 0 Å². The van der Waals surface area contributed by atoms with Gasteiger partial charge in [0.25, 0.3) is 0 Å². The molecule has 1 fully saturated rings. The van der Waals surface area contributed by atoms with Gasteiger partial charge in [-0.2, -0.15) is 0 Å². The Morgan fingerprint density at radius 1 is 1.50 bits per heavy atom. The van der Waals surface area contributed by atoms with Crippen molar-refractivity contribution in [2.75, 3.05) is 20.3 Å². The van der Waals surface area contributed by atoms with Gasteiger partial charge in [0.2, 0.25) is 0 Å². The van der Waals surface area contributed by atoms with Crippen molar-refractivity contribution in [1.82, 2.24) is 10.3 Å². The maximum absolute atomic E-state index is 5.44. The molecule has 0 saturated carbocycles. The molecule has 1 atom stereocenters. The first-order valence-electron chi connectivity index (χ1n) is 6.37. The molecule has 4 nitrogen and oxygen atoms in total. The molecule has 0 aliphatic carbocycles. The van der Waals surface area contributed by atoms with Crippen LogP contribution in [0.5, 0.6) is 5.75 Å². The van der Waals surface area contributed by atoms with Crippen LogP contribution in [0.4, 0.5) is 0 Å². The molecule has 1 unspecified atom stereocenters. The number of aryl methyl sites for hydroxylation is 1. The van der Waals surface area contributed by atoms with Crippen LogP contribution in [0.2, 0.25) is 0 Å². The van der Waals surface area contributed by atoms with Crippen molar-refractivity contribution in [3.05, 3.63) is 23.0 Å². The highest BCUT2D eigenvalue weighted by Gasteiger charge is 2.29. The lowest BCUT2D eigenvalue weighted by Crippen LogP contribution is -2.42. The van der Waals surface area contributed by atoms with Gasteiger partial charge in [-0.1, -0.05) is 0 Å². The first-order chi connectivity index (χ1) is 8.56. The van der Waals surface area contributed by atoms with Crippen LogP contribution in [0.3, 0.4) is 0 Å². The highest BCUT2D eigenvalue weighted by molar-refractivity contribution is 5.41. The van der Waals surface area contributed by atoms with Gasteiger partial charge in [-0.3, -0.25) is 4.98 Å². The Labute approximate surface area is 109 Å². The minimum Gasteiger partial charge on any atom is -0.496 e. The topological polar surface area (TPSA) is 43.4 Å². The zero-order chi connectivity index (χ0) is 13.2. The molecule has 1 aliphatic heterocycles. The van der Waals surface area contributed by atoms with Crippen LogP contribution in [0.15, 0.2) is 6.20 Å².